The highest BCUT2D eigenvalue weighted by molar-refractivity contribution is 5.02. The molecule has 1 N–H and O–H groups in total. The molecule has 0 aromatic heterocycles. The van der Waals surface area contributed by atoms with Gasteiger partial charge in [0, 0.05) is 0 Å². The molecule has 0 radical (unpaired) electrons. The number of aliphatic hydroxyl groups excluding tert-OH is 1. The van der Waals surface area contributed by atoms with E-state index in [2.05, 4.69) is 0 Å². The van der Waals surface area contributed by atoms with Crippen LogP contribution in [-0.4, -0.2) is 35.7 Å². The van der Waals surface area contributed by atoms with Gasteiger partial charge in [-0.1, -0.05) is 6.92 Å². The first-order valence-corrected chi connectivity index (χ1v) is 4.58. The number of aliphatic hydroxyl groups is 1. The first kappa shape index (κ1) is 17.3. The minimum absolute atomic E-state index is 0.844. The highest BCUT2D eigenvalue weighted by Gasteiger charge is 2.82. The molecule has 0 aromatic carbocycles. The average molecular weight is 292 g/mol. The zero-order valence-electron chi connectivity index (χ0n) is 8.84. The van der Waals surface area contributed by atoms with Crippen molar-refractivity contribution in [1.82, 2.24) is 0 Å². The summed E-state index contributed by atoms with van der Waals surface area (Å²) in [7, 11) is 0. The molecule has 0 aliphatic heterocycles. The van der Waals surface area contributed by atoms with Crippen LogP contribution in [0.3, 0.4) is 0 Å². The maximum Gasteiger partial charge on any atom is 0.460 e. The third kappa shape index (κ3) is 2.39. The maximum atomic E-state index is 13.0. The molecule has 0 heterocycles. The van der Waals surface area contributed by atoms with Gasteiger partial charge < -0.3 is 5.11 Å². The van der Waals surface area contributed by atoms with Crippen LogP contribution in [0.15, 0.2) is 0 Å². The Labute approximate surface area is 95.6 Å². The Hall–Kier alpha value is -0.670. The summed E-state index contributed by atoms with van der Waals surface area (Å²) in [6.45, 7) is -0.802. The Morgan fingerprint density at radius 3 is 1.44 bits per heavy atom. The normalized spacial score (nSPS) is 16.8. The van der Waals surface area contributed by atoms with Crippen molar-refractivity contribution in [2.45, 2.75) is 37.3 Å². The Morgan fingerprint density at radius 2 is 1.22 bits per heavy atom. The Morgan fingerprint density at radius 1 is 0.833 bits per heavy atom. The van der Waals surface area contributed by atoms with E-state index in [1.54, 1.807) is 0 Å². The lowest BCUT2D eigenvalue weighted by atomic mass is 9.90. The summed E-state index contributed by atoms with van der Waals surface area (Å²) in [6.07, 6.45) is -7.72. The van der Waals surface area contributed by atoms with Gasteiger partial charge in [0.2, 0.25) is 0 Å². The Balaban J connectivity index is 5.63. The number of rotatable bonds is 5. The van der Waals surface area contributed by atoms with Gasteiger partial charge in [0.1, 0.15) is 0 Å². The van der Waals surface area contributed by atoms with E-state index >= 15 is 0 Å². The van der Waals surface area contributed by atoms with Gasteiger partial charge in [0.25, 0.3) is 0 Å². The zero-order chi connectivity index (χ0) is 15.0. The second kappa shape index (κ2) is 4.78. The summed E-state index contributed by atoms with van der Waals surface area (Å²) in [4.78, 5) is 0. The van der Waals surface area contributed by atoms with E-state index in [0.717, 1.165) is 6.92 Å². The van der Waals surface area contributed by atoms with Crippen LogP contribution in [0.5, 0.6) is 0 Å². The van der Waals surface area contributed by atoms with Crippen LogP contribution in [0.25, 0.3) is 0 Å². The molecule has 0 saturated carbocycles. The van der Waals surface area contributed by atoms with Crippen molar-refractivity contribution in [2.24, 2.45) is 5.92 Å². The first-order valence-electron chi connectivity index (χ1n) is 4.58. The summed E-state index contributed by atoms with van der Waals surface area (Å²) in [5.41, 5.74) is 0. The molecular formula is C8H9F9O. The Bertz CT molecular complexity index is 279. The van der Waals surface area contributed by atoms with Crippen LogP contribution in [0.2, 0.25) is 0 Å². The fraction of sp³-hybridized carbons (Fsp3) is 1.00. The van der Waals surface area contributed by atoms with E-state index in [4.69, 9.17) is 5.11 Å². The lowest BCUT2D eigenvalue weighted by Crippen LogP contribution is -2.63. The highest BCUT2D eigenvalue weighted by atomic mass is 19.4. The van der Waals surface area contributed by atoms with Gasteiger partial charge in [-0.3, -0.25) is 0 Å². The monoisotopic (exact) mass is 292 g/mol. The molecule has 0 amide bonds. The molecule has 0 saturated heterocycles. The van der Waals surface area contributed by atoms with E-state index in [0.29, 0.717) is 0 Å². The van der Waals surface area contributed by atoms with Crippen molar-refractivity contribution in [3.8, 4) is 0 Å². The van der Waals surface area contributed by atoms with E-state index in [1.807, 2.05) is 0 Å². The molecule has 10 heteroatoms. The third-order valence-corrected chi connectivity index (χ3v) is 2.39. The topological polar surface area (TPSA) is 20.2 Å². The lowest BCUT2D eigenvalue weighted by molar-refractivity contribution is -0.404. The van der Waals surface area contributed by atoms with Gasteiger partial charge in [0.15, 0.2) is 0 Å². The maximum absolute atomic E-state index is 13.0. The molecular weight excluding hydrogens is 283 g/mol. The van der Waals surface area contributed by atoms with Crippen LogP contribution in [0.4, 0.5) is 39.5 Å². The lowest BCUT2D eigenvalue weighted by Gasteiger charge is -2.36. The van der Waals surface area contributed by atoms with Gasteiger partial charge >= 0.3 is 23.9 Å². The molecule has 0 aromatic rings. The summed E-state index contributed by atoms with van der Waals surface area (Å²) in [5, 5.41) is 8.35. The molecule has 0 rings (SSSR count). The largest absolute Gasteiger partial charge is 0.460 e. The molecule has 0 bridgehead atoms. The number of halogens is 9. The van der Waals surface area contributed by atoms with Gasteiger partial charge in [-0.25, -0.2) is 0 Å². The second-order valence-electron chi connectivity index (χ2n) is 3.56. The van der Waals surface area contributed by atoms with Crippen molar-refractivity contribution in [1.29, 1.82) is 0 Å². The van der Waals surface area contributed by atoms with Crippen LogP contribution in [0.1, 0.15) is 13.3 Å². The Kier molecular flexibility index (Phi) is 4.60. The van der Waals surface area contributed by atoms with E-state index in [1.165, 1.54) is 0 Å². The van der Waals surface area contributed by atoms with E-state index in [9.17, 15) is 39.5 Å². The highest BCUT2D eigenvalue weighted by Crippen LogP contribution is 2.55. The first-order chi connectivity index (χ1) is 7.77. The van der Waals surface area contributed by atoms with Crippen molar-refractivity contribution < 1.29 is 44.6 Å². The van der Waals surface area contributed by atoms with Crippen LogP contribution < -0.4 is 0 Å². The predicted molar refractivity (Wildman–Crippen MR) is 41.8 cm³/mol. The average Bonchev–Trinajstić information content (AvgIpc) is 2.16. The fourth-order valence-electron chi connectivity index (χ4n) is 1.14. The molecule has 0 fully saturated rings. The smallest absolute Gasteiger partial charge is 0.396 e. The van der Waals surface area contributed by atoms with Crippen LogP contribution in [-0.2, 0) is 0 Å². The van der Waals surface area contributed by atoms with Crippen molar-refractivity contribution in [3.63, 3.8) is 0 Å². The molecule has 1 unspecified atom stereocenters. The number of hydrogen-bond donors (Lipinski definition) is 1. The SMILES string of the molecule is CCC(CO)C(F)(F)C(F)(F)C(F)(F)C(F)(F)F. The minimum Gasteiger partial charge on any atom is -0.396 e. The van der Waals surface area contributed by atoms with E-state index < -0.39 is 42.9 Å². The molecule has 1 atom stereocenters. The van der Waals surface area contributed by atoms with Gasteiger partial charge in [0.05, 0.1) is 12.5 Å². The van der Waals surface area contributed by atoms with Gasteiger partial charge in [-0.2, -0.15) is 39.5 Å². The molecule has 0 aliphatic carbocycles. The standard InChI is InChI=1S/C8H9F9O/c1-2-4(3-18)5(9,10)6(11,12)7(13,14)8(15,16)17/h4,18H,2-3H2,1H3. The zero-order valence-corrected chi connectivity index (χ0v) is 8.84. The number of alkyl halides is 9. The van der Waals surface area contributed by atoms with Gasteiger partial charge in [-0.05, 0) is 6.42 Å². The predicted octanol–water partition coefficient (Wildman–Crippen LogP) is 3.47. The summed E-state index contributed by atoms with van der Waals surface area (Å²) < 4.78 is 111. The van der Waals surface area contributed by atoms with Crippen molar-refractivity contribution in [3.05, 3.63) is 0 Å². The molecule has 18 heavy (non-hydrogen) atoms. The summed E-state index contributed by atoms with van der Waals surface area (Å²) in [6, 6.07) is 0. The van der Waals surface area contributed by atoms with E-state index in [-0.39, 0.29) is 0 Å². The third-order valence-electron chi connectivity index (χ3n) is 2.39. The minimum atomic E-state index is -6.90. The molecule has 1 nitrogen and oxygen atoms in total. The van der Waals surface area contributed by atoms with Gasteiger partial charge in [-0.15, -0.1) is 0 Å². The number of hydrogen-bond acceptors (Lipinski definition) is 1. The second-order valence-corrected chi connectivity index (χ2v) is 3.56. The summed E-state index contributed by atoms with van der Waals surface area (Å²) in [5.74, 6) is -22.0. The molecule has 0 aliphatic rings. The summed E-state index contributed by atoms with van der Waals surface area (Å²) >= 11 is 0. The van der Waals surface area contributed by atoms with Crippen molar-refractivity contribution >= 4 is 0 Å². The molecule has 110 valence electrons. The van der Waals surface area contributed by atoms with Crippen LogP contribution >= 0.6 is 0 Å². The fourth-order valence-corrected chi connectivity index (χ4v) is 1.14. The van der Waals surface area contributed by atoms with Crippen LogP contribution in [0, 0.1) is 5.92 Å². The molecule has 0 spiro atoms. The quantitative estimate of drug-likeness (QED) is 0.769. The van der Waals surface area contributed by atoms with Crippen molar-refractivity contribution in [2.75, 3.05) is 6.61 Å².